The van der Waals surface area contributed by atoms with Crippen LogP contribution in [0.4, 0.5) is 0 Å². The molecule has 2 aliphatic carbocycles. The van der Waals surface area contributed by atoms with E-state index >= 15 is 0 Å². The van der Waals surface area contributed by atoms with Crippen LogP contribution in [0.1, 0.15) is 51.9 Å². The highest BCUT2D eigenvalue weighted by Gasteiger charge is 2.41. The molecular weight excluding hydrogens is 274 g/mol. The summed E-state index contributed by atoms with van der Waals surface area (Å²) in [6.45, 7) is 3.62. The summed E-state index contributed by atoms with van der Waals surface area (Å²) in [7, 11) is -3.30. The van der Waals surface area contributed by atoms with Gasteiger partial charge in [0.15, 0.2) is 0 Å². The highest BCUT2D eigenvalue weighted by molar-refractivity contribution is 7.87. The van der Waals surface area contributed by atoms with E-state index in [-0.39, 0.29) is 12.1 Å². The second kappa shape index (κ2) is 5.91. The second-order valence-corrected chi connectivity index (χ2v) is 8.23. The summed E-state index contributed by atoms with van der Waals surface area (Å²) >= 11 is 0. The Morgan fingerprint density at radius 1 is 1.20 bits per heavy atom. The normalized spacial score (nSPS) is 35.1. The third kappa shape index (κ3) is 3.53. The number of nitrogens with one attached hydrogen (secondary N) is 2. The van der Waals surface area contributed by atoms with Crippen molar-refractivity contribution in [3.05, 3.63) is 0 Å². The van der Waals surface area contributed by atoms with E-state index in [9.17, 15) is 8.42 Å². The molecule has 20 heavy (non-hydrogen) atoms. The molecule has 0 spiro atoms. The zero-order valence-corrected chi connectivity index (χ0v) is 13.2. The van der Waals surface area contributed by atoms with Gasteiger partial charge in [0.1, 0.15) is 0 Å². The quantitative estimate of drug-likeness (QED) is 0.743. The van der Waals surface area contributed by atoms with E-state index in [1.807, 2.05) is 0 Å². The summed E-state index contributed by atoms with van der Waals surface area (Å²) in [5, 5.41) is 3.48. The molecule has 0 aromatic heterocycles. The van der Waals surface area contributed by atoms with Crippen LogP contribution in [0.3, 0.4) is 0 Å². The van der Waals surface area contributed by atoms with Crippen molar-refractivity contribution in [2.45, 2.75) is 70.0 Å². The van der Waals surface area contributed by atoms with Crippen molar-refractivity contribution in [3.63, 3.8) is 0 Å². The van der Waals surface area contributed by atoms with E-state index in [0.717, 1.165) is 38.6 Å². The summed E-state index contributed by atoms with van der Waals surface area (Å²) in [6, 6.07) is 0.965. The Hall–Kier alpha value is -0.170. The predicted molar refractivity (Wildman–Crippen MR) is 79.6 cm³/mol. The Morgan fingerprint density at radius 2 is 2.00 bits per heavy atom. The molecule has 5 nitrogen and oxygen atoms in total. The average molecular weight is 301 g/mol. The van der Waals surface area contributed by atoms with Crippen LogP contribution in [-0.2, 0) is 10.2 Å². The van der Waals surface area contributed by atoms with Crippen LogP contribution in [0.15, 0.2) is 0 Å². The molecule has 0 aromatic carbocycles. The maximum Gasteiger partial charge on any atom is 0.280 e. The van der Waals surface area contributed by atoms with Gasteiger partial charge in [-0.3, -0.25) is 0 Å². The van der Waals surface area contributed by atoms with Gasteiger partial charge in [-0.15, -0.1) is 0 Å². The first-order valence-electron chi connectivity index (χ1n) is 8.12. The fourth-order valence-corrected chi connectivity index (χ4v) is 4.94. The van der Waals surface area contributed by atoms with Gasteiger partial charge in [0.2, 0.25) is 0 Å². The number of piperidine rings is 1. The van der Waals surface area contributed by atoms with Gasteiger partial charge in [0, 0.05) is 31.2 Å². The minimum Gasteiger partial charge on any atom is -0.312 e. The van der Waals surface area contributed by atoms with E-state index < -0.39 is 10.2 Å². The highest BCUT2D eigenvalue weighted by Crippen LogP contribution is 2.34. The number of rotatable bonds is 7. The van der Waals surface area contributed by atoms with E-state index in [4.69, 9.17) is 0 Å². The first-order valence-corrected chi connectivity index (χ1v) is 9.56. The fourth-order valence-electron chi connectivity index (χ4n) is 3.19. The van der Waals surface area contributed by atoms with Crippen LogP contribution < -0.4 is 10.0 Å². The zero-order valence-electron chi connectivity index (χ0n) is 12.3. The van der Waals surface area contributed by atoms with E-state index in [0.29, 0.717) is 18.5 Å². The predicted octanol–water partition coefficient (Wildman–Crippen LogP) is 1.23. The van der Waals surface area contributed by atoms with Gasteiger partial charge in [-0.05, 0) is 38.0 Å². The minimum atomic E-state index is -3.30. The molecule has 6 heteroatoms. The molecule has 0 aromatic rings. The lowest BCUT2D eigenvalue weighted by atomic mass is 10.1. The molecule has 116 valence electrons. The molecule has 3 rings (SSSR count). The Morgan fingerprint density at radius 3 is 2.65 bits per heavy atom. The molecule has 1 saturated heterocycles. The lowest BCUT2D eigenvalue weighted by Gasteiger charge is -2.35. The van der Waals surface area contributed by atoms with Crippen LogP contribution in [0.5, 0.6) is 0 Å². The van der Waals surface area contributed by atoms with E-state index in [1.54, 1.807) is 4.31 Å². The Bertz CT molecular complexity index is 436. The van der Waals surface area contributed by atoms with Crippen LogP contribution >= 0.6 is 0 Å². The third-order valence-electron chi connectivity index (χ3n) is 4.85. The Labute approximate surface area is 122 Å². The van der Waals surface area contributed by atoms with Crippen molar-refractivity contribution < 1.29 is 8.42 Å². The lowest BCUT2D eigenvalue weighted by molar-refractivity contribution is 0.242. The Kier molecular flexibility index (Phi) is 4.36. The van der Waals surface area contributed by atoms with Crippen molar-refractivity contribution in [3.8, 4) is 0 Å². The molecule has 3 unspecified atom stereocenters. The van der Waals surface area contributed by atoms with Gasteiger partial charge < -0.3 is 5.32 Å². The van der Waals surface area contributed by atoms with Gasteiger partial charge in [-0.2, -0.15) is 17.4 Å². The van der Waals surface area contributed by atoms with Gasteiger partial charge in [-0.1, -0.05) is 19.8 Å². The summed E-state index contributed by atoms with van der Waals surface area (Å²) in [6.07, 6.45) is 7.69. The molecule has 1 aliphatic heterocycles. The Balaban J connectivity index is 1.58. The molecule has 3 fully saturated rings. The third-order valence-corrected chi connectivity index (χ3v) is 6.55. The first kappa shape index (κ1) is 14.8. The zero-order chi connectivity index (χ0) is 14.2. The van der Waals surface area contributed by atoms with Crippen molar-refractivity contribution in [2.24, 2.45) is 5.92 Å². The average Bonchev–Trinajstić information content (AvgIpc) is 3.32. The van der Waals surface area contributed by atoms with Gasteiger partial charge in [0.25, 0.3) is 10.2 Å². The van der Waals surface area contributed by atoms with Crippen LogP contribution in [0, 0.1) is 5.92 Å². The summed E-state index contributed by atoms with van der Waals surface area (Å²) in [5.41, 5.74) is 0. The van der Waals surface area contributed by atoms with E-state index in [2.05, 4.69) is 17.0 Å². The van der Waals surface area contributed by atoms with Crippen molar-refractivity contribution >= 4 is 10.2 Å². The SMILES string of the molecule is CCC1CC1NS(=O)(=O)N1CCCCC1CNC1CC1. The fraction of sp³-hybridized carbons (Fsp3) is 1.00. The van der Waals surface area contributed by atoms with Crippen LogP contribution in [0.2, 0.25) is 0 Å². The maximum absolute atomic E-state index is 12.6. The molecule has 1 heterocycles. The molecule has 3 aliphatic rings. The van der Waals surface area contributed by atoms with E-state index in [1.165, 1.54) is 12.8 Å². The second-order valence-electron chi connectivity index (χ2n) is 6.58. The topological polar surface area (TPSA) is 61.4 Å². The lowest BCUT2D eigenvalue weighted by Crippen LogP contribution is -2.53. The van der Waals surface area contributed by atoms with Crippen LogP contribution in [0.25, 0.3) is 0 Å². The van der Waals surface area contributed by atoms with Crippen molar-refractivity contribution in [1.29, 1.82) is 0 Å². The van der Waals surface area contributed by atoms with Crippen LogP contribution in [-0.4, -0.2) is 43.9 Å². The number of hydrogen-bond donors (Lipinski definition) is 2. The van der Waals surface area contributed by atoms with Crippen molar-refractivity contribution in [1.82, 2.24) is 14.3 Å². The summed E-state index contributed by atoms with van der Waals surface area (Å²) in [4.78, 5) is 0. The largest absolute Gasteiger partial charge is 0.312 e. The summed E-state index contributed by atoms with van der Waals surface area (Å²) < 4.78 is 29.7. The standard InChI is InChI=1S/C14H27N3O2S/c1-2-11-9-14(11)16-20(18,19)17-8-4-3-5-13(17)10-15-12-6-7-12/h11-16H,2-10H2,1H3. The highest BCUT2D eigenvalue weighted by atomic mass is 32.2. The van der Waals surface area contributed by atoms with Gasteiger partial charge >= 0.3 is 0 Å². The molecule has 0 amide bonds. The smallest absolute Gasteiger partial charge is 0.280 e. The number of nitrogens with zero attached hydrogens (tertiary/aromatic N) is 1. The van der Waals surface area contributed by atoms with Crippen molar-refractivity contribution in [2.75, 3.05) is 13.1 Å². The molecule has 2 saturated carbocycles. The van der Waals surface area contributed by atoms with Gasteiger partial charge in [0.05, 0.1) is 0 Å². The number of hydrogen-bond acceptors (Lipinski definition) is 3. The molecule has 0 radical (unpaired) electrons. The van der Waals surface area contributed by atoms with Gasteiger partial charge in [-0.25, -0.2) is 0 Å². The first-order chi connectivity index (χ1) is 9.60. The molecule has 3 atom stereocenters. The monoisotopic (exact) mass is 301 g/mol. The molecule has 0 bridgehead atoms. The molecule has 2 N–H and O–H groups in total. The maximum atomic E-state index is 12.6. The molecular formula is C14H27N3O2S. The summed E-state index contributed by atoms with van der Waals surface area (Å²) in [5.74, 6) is 0.553. The minimum absolute atomic E-state index is 0.140.